The summed E-state index contributed by atoms with van der Waals surface area (Å²) in [5, 5.41) is 24.6. The minimum Gasteiger partial charge on any atom is -0.870 e. The molecule has 0 aromatic heterocycles. The van der Waals surface area contributed by atoms with Gasteiger partial charge in [-0.15, -0.1) is 6.42 Å². The van der Waals surface area contributed by atoms with E-state index in [4.69, 9.17) is 15.3 Å². The van der Waals surface area contributed by atoms with Crippen LogP contribution in [0.25, 0.3) is 0 Å². The van der Waals surface area contributed by atoms with E-state index in [1.54, 1.807) is 13.8 Å². The minimum atomic E-state index is -0.970. The fourth-order valence-corrected chi connectivity index (χ4v) is 0.790. The van der Waals surface area contributed by atoms with Crippen LogP contribution in [0.3, 0.4) is 0 Å². The van der Waals surface area contributed by atoms with Crippen LogP contribution in [-0.4, -0.2) is 45.4 Å². The Morgan fingerprint density at radius 1 is 1.12 bits per heavy atom. The van der Waals surface area contributed by atoms with E-state index in [9.17, 15) is 4.79 Å². The molecule has 26 heavy (non-hydrogen) atoms. The summed E-state index contributed by atoms with van der Waals surface area (Å²) in [5.74, 6) is 6.92. The van der Waals surface area contributed by atoms with Crippen molar-refractivity contribution in [3.8, 4) is 24.2 Å². The first kappa shape index (κ1) is 40.2. The molecule has 0 spiro atoms. The molecule has 0 aliphatic heterocycles. The minimum absolute atomic E-state index is 0. The van der Waals surface area contributed by atoms with E-state index in [2.05, 4.69) is 37.3 Å². The molecule has 1 aromatic carbocycles. The number of hydrogen-bond donors (Lipinski definition) is 3. The van der Waals surface area contributed by atoms with E-state index < -0.39 is 5.60 Å². The molecule has 0 saturated carbocycles. The number of aryl methyl sites for hydroxylation is 1. The average molecular weight is 393 g/mol. The molecule has 144 valence electrons. The van der Waals surface area contributed by atoms with Crippen LogP contribution in [0.2, 0.25) is 0 Å². The molecule has 1 rings (SSSR count). The van der Waals surface area contributed by atoms with Crippen LogP contribution in [0.15, 0.2) is 30.3 Å². The Kier molecular flexibility index (Phi) is 45.3. The van der Waals surface area contributed by atoms with Crippen LogP contribution >= 0.6 is 0 Å². The Labute approximate surface area is 202 Å². The van der Waals surface area contributed by atoms with Gasteiger partial charge in [-0.25, -0.2) is 0 Å². The SMILES string of the molecule is C.C#CCO.CC(C)(O)C#CCO.CC(C)=O.Cc1ccccc1.[K+].[OH-]. The first-order valence-corrected chi connectivity index (χ1v) is 6.97. The molecular weight excluding hydrogens is 359 g/mol. The molecule has 0 saturated heterocycles. The Hall–Kier alpha value is -0.514. The van der Waals surface area contributed by atoms with Crippen molar-refractivity contribution >= 4 is 5.78 Å². The Morgan fingerprint density at radius 2 is 1.46 bits per heavy atom. The molecule has 0 atom stereocenters. The van der Waals surface area contributed by atoms with Crippen molar-refractivity contribution in [2.45, 2.75) is 47.6 Å². The predicted molar refractivity (Wildman–Crippen MR) is 103 cm³/mol. The summed E-state index contributed by atoms with van der Waals surface area (Å²) in [5.41, 5.74) is 0.352. The van der Waals surface area contributed by atoms with Gasteiger partial charge in [0.15, 0.2) is 0 Å². The van der Waals surface area contributed by atoms with Gasteiger partial charge in [0.25, 0.3) is 0 Å². The van der Waals surface area contributed by atoms with Crippen LogP contribution in [0.5, 0.6) is 0 Å². The fourth-order valence-electron chi connectivity index (χ4n) is 0.790. The number of aliphatic hydroxyl groups excluding tert-OH is 2. The Morgan fingerprint density at radius 3 is 1.58 bits per heavy atom. The number of rotatable bonds is 0. The summed E-state index contributed by atoms with van der Waals surface area (Å²) in [4.78, 5) is 9.44. The van der Waals surface area contributed by atoms with Crippen LogP contribution in [0.4, 0.5) is 0 Å². The second-order valence-corrected chi connectivity index (χ2v) is 4.94. The summed E-state index contributed by atoms with van der Waals surface area (Å²) in [7, 11) is 0. The van der Waals surface area contributed by atoms with E-state index in [0.717, 1.165) is 0 Å². The Balaban J connectivity index is -0.0000000515. The zero-order valence-corrected chi connectivity index (χ0v) is 19.2. The standard InChI is InChI=1S/C7H8.C6H10O2.C3H6O.C3H4O.CH4.K.H2O/c1-7-5-3-2-4-6-7;1-6(2,8)4-3-5-7;1-3(2)4;1-2-3-4;;;/h2-6H,1H3;7-8H,5H2,1-2H3;1-2H3;1,4H,3H2;1H4;;1H2/q;;;;;+1;/p-1. The van der Waals surface area contributed by atoms with E-state index in [-0.39, 0.29) is 83.3 Å². The third-order valence-corrected chi connectivity index (χ3v) is 1.51. The van der Waals surface area contributed by atoms with Crippen molar-refractivity contribution in [2.24, 2.45) is 0 Å². The van der Waals surface area contributed by atoms with Crippen LogP contribution in [-0.2, 0) is 4.79 Å². The summed E-state index contributed by atoms with van der Waals surface area (Å²) in [6, 6.07) is 10.3. The van der Waals surface area contributed by atoms with Gasteiger partial charge in [0.05, 0.1) is 0 Å². The molecule has 5 nitrogen and oxygen atoms in total. The first-order chi connectivity index (χ1) is 10.6. The number of carbonyl (C=O) groups excluding carboxylic acids is 1. The normalized spacial score (nSPS) is 7.19. The molecule has 0 fully saturated rings. The molecule has 6 heteroatoms. The molecule has 0 amide bonds. The third kappa shape index (κ3) is 65.3. The van der Waals surface area contributed by atoms with Crippen LogP contribution < -0.4 is 51.4 Å². The molecule has 0 unspecified atom stereocenters. The smallest absolute Gasteiger partial charge is 0.870 e. The van der Waals surface area contributed by atoms with E-state index >= 15 is 0 Å². The third-order valence-electron chi connectivity index (χ3n) is 1.51. The monoisotopic (exact) mass is 392 g/mol. The fraction of sp³-hybridized carbons (Fsp3) is 0.450. The maximum absolute atomic E-state index is 9.44. The zero-order chi connectivity index (χ0) is 18.7. The predicted octanol–water partition coefficient (Wildman–Crippen LogP) is -0.581. The molecule has 0 bridgehead atoms. The molecule has 0 aliphatic rings. The molecule has 4 N–H and O–H groups in total. The molecular formula is C20H33KO5. The largest absolute Gasteiger partial charge is 1.00 e. The van der Waals surface area contributed by atoms with Crippen molar-refractivity contribution in [3.63, 3.8) is 0 Å². The van der Waals surface area contributed by atoms with Gasteiger partial charge in [-0.2, -0.15) is 0 Å². The van der Waals surface area contributed by atoms with Crippen molar-refractivity contribution in [1.29, 1.82) is 0 Å². The second-order valence-electron chi connectivity index (χ2n) is 4.94. The maximum Gasteiger partial charge on any atom is 1.00 e. The molecule has 1 aromatic rings. The zero-order valence-electron chi connectivity index (χ0n) is 16.1. The molecule has 0 radical (unpaired) electrons. The summed E-state index contributed by atoms with van der Waals surface area (Å²) < 4.78 is 0. The van der Waals surface area contributed by atoms with Gasteiger partial charge in [0.1, 0.15) is 24.6 Å². The number of Topliss-reactive ketones (excluding diaryl/α,β-unsaturated/α-hetero) is 1. The number of hydrogen-bond acceptors (Lipinski definition) is 5. The van der Waals surface area contributed by atoms with Gasteiger partial charge < -0.3 is 25.6 Å². The van der Waals surface area contributed by atoms with E-state index in [1.807, 2.05) is 24.1 Å². The van der Waals surface area contributed by atoms with Gasteiger partial charge >= 0.3 is 51.4 Å². The van der Waals surface area contributed by atoms with E-state index in [0.29, 0.717) is 0 Å². The number of aliphatic hydroxyl groups is 3. The number of terminal acetylenes is 1. The van der Waals surface area contributed by atoms with Crippen molar-refractivity contribution in [1.82, 2.24) is 0 Å². The van der Waals surface area contributed by atoms with Gasteiger partial charge in [-0.3, -0.25) is 0 Å². The summed E-state index contributed by atoms with van der Waals surface area (Å²) >= 11 is 0. The van der Waals surface area contributed by atoms with Gasteiger partial charge in [0.2, 0.25) is 0 Å². The maximum atomic E-state index is 9.44. The number of benzene rings is 1. The van der Waals surface area contributed by atoms with Crippen molar-refractivity contribution in [2.75, 3.05) is 13.2 Å². The number of carbonyl (C=O) groups is 1. The average Bonchev–Trinajstić information content (AvgIpc) is 2.45. The van der Waals surface area contributed by atoms with Crippen molar-refractivity contribution < 1.29 is 77.0 Å². The summed E-state index contributed by atoms with van der Waals surface area (Å²) in [6.45, 7) is 7.93. The van der Waals surface area contributed by atoms with Gasteiger partial charge in [0, 0.05) is 0 Å². The van der Waals surface area contributed by atoms with Gasteiger partial charge in [-0.05, 0) is 34.6 Å². The van der Waals surface area contributed by atoms with E-state index in [1.165, 1.54) is 19.4 Å². The van der Waals surface area contributed by atoms with Crippen LogP contribution in [0.1, 0.15) is 40.7 Å². The van der Waals surface area contributed by atoms with Crippen molar-refractivity contribution in [3.05, 3.63) is 35.9 Å². The van der Waals surface area contributed by atoms with Crippen LogP contribution in [0, 0.1) is 31.1 Å². The first-order valence-electron chi connectivity index (χ1n) is 6.97. The topological polar surface area (TPSA) is 108 Å². The summed E-state index contributed by atoms with van der Waals surface area (Å²) in [6.07, 6.45) is 4.53. The number of ketones is 1. The second kappa shape index (κ2) is 29.3. The molecule has 0 heterocycles. The quantitative estimate of drug-likeness (QED) is 0.404. The van der Waals surface area contributed by atoms with Gasteiger partial charge in [-0.1, -0.05) is 61.1 Å². The Bertz CT molecular complexity index is 487. The molecule has 0 aliphatic carbocycles.